The molecule has 4 heteroatoms. The second kappa shape index (κ2) is 6.91. The molecule has 0 aromatic heterocycles. The first-order chi connectivity index (χ1) is 9.79. The molecule has 1 aliphatic carbocycles. The fraction of sp³-hybridized carbons (Fsp3) is 1.00. The fourth-order valence-electron chi connectivity index (χ4n) is 4.11. The zero-order chi connectivity index (χ0) is 15.6. The first-order valence-corrected chi connectivity index (χ1v) is 8.65. The molecule has 0 spiro atoms. The summed E-state index contributed by atoms with van der Waals surface area (Å²) >= 11 is 0. The summed E-state index contributed by atoms with van der Waals surface area (Å²) in [5, 5.41) is 0. The van der Waals surface area contributed by atoms with E-state index < -0.39 is 12.0 Å². The SMILES string of the molecule is CC(C)CC1CCC(N2CCN(C(C)C)CC2)C(F)(F)C1. The highest BCUT2D eigenvalue weighted by Crippen LogP contribution is 2.42. The minimum atomic E-state index is -2.50. The van der Waals surface area contributed by atoms with Gasteiger partial charge < -0.3 is 0 Å². The van der Waals surface area contributed by atoms with Crippen molar-refractivity contribution >= 4 is 0 Å². The lowest BCUT2D eigenvalue weighted by Gasteiger charge is -2.46. The molecule has 1 saturated carbocycles. The van der Waals surface area contributed by atoms with Crippen LogP contribution in [0.15, 0.2) is 0 Å². The molecule has 0 aromatic rings. The number of rotatable bonds is 4. The highest BCUT2D eigenvalue weighted by Gasteiger charge is 2.48. The Bertz CT molecular complexity index is 323. The molecule has 1 heterocycles. The van der Waals surface area contributed by atoms with Gasteiger partial charge in [-0.15, -0.1) is 0 Å². The van der Waals surface area contributed by atoms with E-state index in [-0.39, 0.29) is 12.3 Å². The Labute approximate surface area is 128 Å². The molecule has 2 aliphatic rings. The Morgan fingerprint density at radius 3 is 2.10 bits per heavy atom. The van der Waals surface area contributed by atoms with Crippen molar-refractivity contribution < 1.29 is 8.78 Å². The van der Waals surface area contributed by atoms with Gasteiger partial charge in [0.05, 0.1) is 6.04 Å². The van der Waals surface area contributed by atoms with Crippen LogP contribution in [0.4, 0.5) is 8.78 Å². The summed E-state index contributed by atoms with van der Waals surface area (Å²) < 4.78 is 29.1. The molecule has 2 nitrogen and oxygen atoms in total. The van der Waals surface area contributed by atoms with Crippen LogP contribution in [0.3, 0.4) is 0 Å². The van der Waals surface area contributed by atoms with Crippen LogP contribution in [0.5, 0.6) is 0 Å². The molecular weight excluding hydrogens is 270 g/mol. The highest BCUT2D eigenvalue weighted by molar-refractivity contribution is 4.94. The molecule has 0 radical (unpaired) electrons. The fourth-order valence-corrected chi connectivity index (χ4v) is 4.11. The number of nitrogens with zero attached hydrogens (tertiary/aromatic N) is 2. The predicted octanol–water partition coefficient (Wildman–Crippen LogP) is 3.86. The van der Waals surface area contributed by atoms with E-state index in [0.29, 0.717) is 18.4 Å². The number of alkyl halides is 2. The van der Waals surface area contributed by atoms with E-state index in [9.17, 15) is 8.78 Å². The van der Waals surface area contributed by atoms with Gasteiger partial charge in [0.25, 0.3) is 5.92 Å². The maximum atomic E-state index is 14.6. The van der Waals surface area contributed by atoms with E-state index in [4.69, 9.17) is 0 Å². The van der Waals surface area contributed by atoms with Gasteiger partial charge in [-0.05, 0) is 44.9 Å². The standard InChI is InChI=1S/C17H32F2N2/c1-13(2)11-15-5-6-16(17(18,19)12-15)21-9-7-20(8-10-21)14(3)4/h13-16H,5-12H2,1-4H3. The van der Waals surface area contributed by atoms with Crippen LogP contribution in [-0.4, -0.2) is 54.0 Å². The number of hydrogen-bond acceptors (Lipinski definition) is 2. The smallest absolute Gasteiger partial charge is 0.263 e. The maximum absolute atomic E-state index is 14.6. The number of halogens is 2. The number of hydrogen-bond donors (Lipinski definition) is 0. The minimum absolute atomic E-state index is 0.0975. The van der Waals surface area contributed by atoms with Crippen LogP contribution in [0.1, 0.15) is 53.4 Å². The molecular formula is C17H32F2N2. The van der Waals surface area contributed by atoms with Gasteiger partial charge in [0.2, 0.25) is 0 Å². The zero-order valence-electron chi connectivity index (χ0n) is 14.1. The molecule has 21 heavy (non-hydrogen) atoms. The van der Waals surface area contributed by atoms with Gasteiger partial charge in [-0.2, -0.15) is 0 Å². The van der Waals surface area contributed by atoms with E-state index in [1.807, 2.05) is 0 Å². The molecule has 2 fully saturated rings. The summed E-state index contributed by atoms with van der Waals surface area (Å²) in [6.07, 6.45) is 2.69. The molecule has 2 rings (SSSR count). The van der Waals surface area contributed by atoms with Gasteiger partial charge >= 0.3 is 0 Å². The van der Waals surface area contributed by atoms with Crippen LogP contribution in [-0.2, 0) is 0 Å². The molecule has 0 amide bonds. The van der Waals surface area contributed by atoms with Crippen LogP contribution in [0, 0.1) is 11.8 Å². The molecule has 0 N–H and O–H groups in total. The van der Waals surface area contributed by atoms with E-state index >= 15 is 0 Å². The van der Waals surface area contributed by atoms with Crippen LogP contribution >= 0.6 is 0 Å². The van der Waals surface area contributed by atoms with Crippen molar-refractivity contribution in [2.75, 3.05) is 26.2 Å². The third-order valence-electron chi connectivity index (χ3n) is 5.22. The monoisotopic (exact) mass is 302 g/mol. The lowest BCUT2D eigenvalue weighted by Crippen LogP contribution is -2.58. The third kappa shape index (κ3) is 4.38. The van der Waals surface area contributed by atoms with E-state index in [2.05, 4.69) is 37.5 Å². The first kappa shape index (κ1) is 17.1. The van der Waals surface area contributed by atoms with Crippen molar-refractivity contribution in [2.45, 2.75) is 71.4 Å². The van der Waals surface area contributed by atoms with Gasteiger partial charge in [-0.25, -0.2) is 8.78 Å². The van der Waals surface area contributed by atoms with Gasteiger partial charge in [0.1, 0.15) is 0 Å². The van der Waals surface area contributed by atoms with Crippen molar-refractivity contribution in [3.63, 3.8) is 0 Å². The van der Waals surface area contributed by atoms with Crippen molar-refractivity contribution in [1.29, 1.82) is 0 Å². The second-order valence-corrected chi connectivity index (χ2v) is 7.72. The van der Waals surface area contributed by atoms with Crippen LogP contribution in [0.2, 0.25) is 0 Å². The topological polar surface area (TPSA) is 6.48 Å². The van der Waals surface area contributed by atoms with Crippen molar-refractivity contribution in [1.82, 2.24) is 9.80 Å². The molecule has 1 aliphatic heterocycles. The second-order valence-electron chi connectivity index (χ2n) is 7.72. The molecule has 2 atom stereocenters. The average Bonchev–Trinajstić information content (AvgIpc) is 2.37. The molecule has 0 aromatic carbocycles. The Hall–Kier alpha value is -0.220. The van der Waals surface area contributed by atoms with Gasteiger partial charge in [0.15, 0.2) is 0 Å². The summed E-state index contributed by atoms with van der Waals surface area (Å²) in [5.74, 6) is -1.76. The highest BCUT2D eigenvalue weighted by atomic mass is 19.3. The third-order valence-corrected chi connectivity index (χ3v) is 5.22. The van der Waals surface area contributed by atoms with Crippen LogP contribution in [0.25, 0.3) is 0 Å². The summed E-state index contributed by atoms with van der Waals surface area (Å²) in [6.45, 7) is 12.1. The Kier molecular flexibility index (Phi) is 5.64. The van der Waals surface area contributed by atoms with Crippen LogP contribution < -0.4 is 0 Å². The summed E-state index contributed by atoms with van der Waals surface area (Å²) in [4.78, 5) is 4.45. The van der Waals surface area contributed by atoms with Gasteiger partial charge in [-0.3, -0.25) is 9.80 Å². The van der Waals surface area contributed by atoms with Crippen molar-refractivity contribution in [3.8, 4) is 0 Å². The molecule has 0 bridgehead atoms. The first-order valence-electron chi connectivity index (χ1n) is 8.65. The quantitative estimate of drug-likeness (QED) is 0.778. The Morgan fingerprint density at radius 2 is 1.62 bits per heavy atom. The van der Waals surface area contributed by atoms with Crippen molar-refractivity contribution in [3.05, 3.63) is 0 Å². The summed E-state index contributed by atoms with van der Waals surface area (Å²) in [6, 6.07) is 0.00432. The lowest BCUT2D eigenvalue weighted by atomic mass is 9.78. The molecule has 2 unspecified atom stereocenters. The normalized spacial score (nSPS) is 32.0. The lowest BCUT2D eigenvalue weighted by molar-refractivity contribution is -0.129. The summed E-state index contributed by atoms with van der Waals surface area (Å²) in [5.41, 5.74) is 0. The van der Waals surface area contributed by atoms with Crippen molar-refractivity contribution in [2.24, 2.45) is 11.8 Å². The Morgan fingerprint density at radius 1 is 1.00 bits per heavy atom. The summed E-state index contributed by atoms with van der Waals surface area (Å²) in [7, 11) is 0. The maximum Gasteiger partial charge on any atom is 0.263 e. The number of piperazine rings is 1. The molecule has 124 valence electrons. The zero-order valence-corrected chi connectivity index (χ0v) is 14.1. The Balaban J connectivity index is 1.90. The van der Waals surface area contributed by atoms with E-state index in [1.54, 1.807) is 0 Å². The molecule has 1 saturated heterocycles. The van der Waals surface area contributed by atoms with Gasteiger partial charge in [0, 0.05) is 38.6 Å². The predicted molar refractivity (Wildman–Crippen MR) is 83.8 cm³/mol. The van der Waals surface area contributed by atoms with Gasteiger partial charge in [-0.1, -0.05) is 13.8 Å². The van der Waals surface area contributed by atoms with E-state index in [0.717, 1.165) is 39.0 Å². The minimum Gasteiger partial charge on any atom is -0.298 e. The largest absolute Gasteiger partial charge is 0.298 e. The average molecular weight is 302 g/mol. The van der Waals surface area contributed by atoms with E-state index in [1.165, 1.54) is 0 Å².